The Hall–Kier alpha value is -0.770. The summed E-state index contributed by atoms with van der Waals surface area (Å²) < 4.78 is 10.00. The van der Waals surface area contributed by atoms with E-state index in [9.17, 15) is 20.1 Å². The average Bonchev–Trinajstić information content (AvgIpc) is 2.29. The molecule has 1 rings (SSSR count). The summed E-state index contributed by atoms with van der Waals surface area (Å²) in [6.07, 6.45) is -8.23. The van der Waals surface area contributed by atoms with E-state index >= 15 is 0 Å². The zero-order valence-electron chi connectivity index (χ0n) is 9.26. The van der Waals surface area contributed by atoms with Gasteiger partial charge in [0.1, 0.15) is 18.3 Å². The lowest BCUT2D eigenvalue weighted by Gasteiger charge is -2.39. The number of carbonyl (C=O) groups is 1. The molecule has 0 bridgehead atoms. The molecule has 6 atom stereocenters. The van der Waals surface area contributed by atoms with Gasteiger partial charge in [0.15, 0.2) is 12.4 Å². The lowest BCUT2D eigenvalue weighted by molar-refractivity contribution is -0.301. The van der Waals surface area contributed by atoms with E-state index in [4.69, 9.17) is 20.3 Å². The van der Waals surface area contributed by atoms with Crippen LogP contribution in [0.4, 0.5) is 0 Å². The SMILES string of the molecule is CC(CO)O[C@@H]1OC(C(N)=O)[C@@H](O)C(O)[C@H]1O. The lowest BCUT2D eigenvalue weighted by Crippen LogP contribution is -2.62. The smallest absolute Gasteiger partial charge is 0.249 e. The second kappa shape index (κ2) is 5.71. The van der Waals surface area contributed by atoms with Gasteiger partial charge in [-0.15, -0.1) is 0 Å². The molecule has 3 unspecified atom stereocenters. The quantitative estimate of drug-likeness (QED) is 0.352. The van der Waals surface area contributed by atoms with Crippen LogP contribution < -0.4 is 5.73 Å². The maximum atomic E-state index is 11.0. The van der Waals surface area contributed by atoms with E-state index in [0.29, 0.717) is 0 Å². The third-order valence-electron chi connectivity index (χ3n) is 2.47. The topological polar surface area (TPSA) is 142 Å². The van der Waals surface area contributed by atoms with Crippen molar-refractivity contribution in [3.8, 4) is 0 Å². The molecule has 1 aliphatic rings. The number of nitrogens with two attached hydrogens (primary N) is 1. The molecule has 8 nitrogen and oxygen atoms in total. The third kappa shape index (κ3) is 3.12. The zero-order valence-corrected chi connectivity index (χ0v) is 9.26. The van der Waals surface area contributed by atoms with Crippen LogP contribution in [0, 0.1) is 0 Å². The first kappa shape index (κ1) is 14.3. The van der Waals surface area contributed by atoms with Gasteiger partial charge in [-0.05, 0) is 6.92 Å². The molecular formula is C9H17NO7. The molecule has 0 saturated carbocycles. The Morgan fingerprint density at radius 3 is 2.41 bits per heavy atom. The van der Waals surface area contributed by atoms with Crippen molar-refractivity contribution < 1.29 is 34.7 Å². The van der Waals surface area contributed by atoms with Crippen LogP contribution in [-0.4, -0.2) is 69.8 Å². The number of amides is 1. The maximum absolute atomic E-state index is 11.0. The summed E-state index contributed by atoms with van der Waals surface area (Å²) in [6.45, 7) is 1.18. The van der Waals surface area contributed by atoms with E-state index in [1.54, 1.807) is 0 Å². The number of aliphatic hydroxyl groups excluding tert-OH is 4. The van der Waals surface area contributed by atoms with Crippen LogP contribution in [0.3, 0.4) is 0 Å². The fourth-order valence-corrected chi connectivity index (χ4v) is 1.47. The van der Waals surface area contributed by atoms with Crippen LogP contribution in [0.15, 0.2) is 0 Å². The van der Waals surface area contributed by atoms with Gasteiger partial charge in [0, 0.05) is 0 Å². The van der Waals surface area contributed by atoms with Gasteiger partial charge in [-0.25, -0.2) is 0 Å². The van der Waals surface area contributed by atoms with E-state index in [2.05, 4.69) is 0 Å². The van der Waals surface area contributed by atoms with Crippen LogP contribution in [0.1, 0.15) is 6.92 Å². The predicted octanol–water partition coefficient (Wildman–Crippen LogP) is -3.32. The number of primary amides is 1. The van der Waals surface area contributed by atoms with E-state index in [1.807, 2.05) is 0 Å². The molecule has 1 fully saturated rings. The van der Waals surface area contributed by atoms with Crippen molar-refractivity contribution in [3.63, 3.8) is 0 Å². The molecule has 0 aromatic heterocycles. The van der Waals surface area contributed by atoms with Gasteiger partial charge in [-0.1, -0.05) is 0 Å². The number of hydrogen-bond acceptors (Lipinski definition) is 7. The Morgan fingerprint density at radius 2 is 1.94 bits per heavy atom. The Morgan fingerprint density at radius 1 is 1.35 bits per heavy atom. The second-order valence-corrected chi connectivity index (χ2v) is 3.93. The summed E-state index contributed by atoms with van der Waals surface area (Å²) >= 11 is 0. The van der Waals surface area contributed by atoms with Crippen molar-refractivity contribution >= 4 is 5.91 Å². The summed E-state index contributed by atoms with van der Waals surface area (Å²) in [7, 11) is 0. The normalized spacial score (nSPS) is 39.9. The first-order valence-corrected chi connectivity index (χ1v) is 5.13. The Bertz CT molecular complexity index is 274. The highest BCUT2D eigenvalue weighted by Crippen LogP contribution is 2.22. The molecule has 6 N–H and O–H groups in total. The number of carbonyl (C=O) groups excluding carboxylic acids is 1. The number of aliphatic hydroxyl groups is 4. The van der Waals surface area contributed by atoms with Crippen LogP contribution in [0.5, 0.6) is 0 Å². The first-order chi connectivity index (χ1) is 7.88. The van der Waals surface area contributed by atoms with Gasteiger partial charge in [0.2, 0.25) is 5.91 Å². The van der Waals surface area contributed by atoms with Gasteiger partial charge < -0.3 is 35.6 Å². The molecule has 1 saturated heterocycles. The Balaban J connectivity index is 2.74. The van der Waals surface area contributed by atoms with Gasteiger partial charge >= 0.3 is 0 Å². The summed E-state index contributed by atoms with van der Waals surface area (Å²) in [5.41, 5.74) is 4.97. The fourth-order valence-electron chi connectivity index (χ4n) is 1.47. The summed E-state index contributed by atoms with van der Waals surface area (Å²) in [5.74, 6) is -0.978. The largest absolute Gasteiger partial charge is 0.394 e. The molecule has 0 aromatic rings. The summed E-state index contributed by atoms with van der Waals surface area (Å²) in [5, 5.41) is 37.3. The van der Waals surface area contributed by atoms with Crippen LogP contribution >= 0.6 is 0 Å². The lowest BCUT2D eigenvalue weighted by atomic mass is 9.98. The van der Waals surface area contributed by atoms with E-state index in [1.165, 1.54) is 6.92 Å². The fraction of sp³-hybridized carbons (Fsp3) is 0.889. The molecule has 0 aromatic carbocycles. The highest BCUT2D eigenvalue weighted by Gasteiger charge is 2.46. The summed E-state index contributed by atoms with van der Waals surface area (Å²) in [6, 6.07) is 0. The molecule has 1 aliphatic heterocycles. The van der Waals surface area contributed by atoms with Gasteiger partial charge in [0.25, 0.3) is 0 Å². The van der Waals surface area contributed by atoms with Crippen LogP contribution in [0.2, 0.25) is 0 Å². The molecule has 100 valence electrons. The van der Waals surface area contributed by atoms with Gasteiger partial charge in [-0.2, -0.15) is 0 Å². The van der Waals surface area contributed by atoms with E-state index in [-0.39, 0.29) is 6.61 Å². The minimum atomic E-state index is -1.62. The number of rotatable bonds is 4. The van der Waals surface area contributed by atoms with Crippen molar-refractivity contribution in [2.75, 3.05) is 6.61 Å². The minimum absolute atomic E-state index is 0.327. The third-order valence-corrected chi connectivity index (χ3v) is 2.47. The van der Waals surface area contributed by atoms with Crippen molar-refractivity contribution in [3.05, 3.63) is 0 Å². The predicted molar refractivity (Wildman–Crippen MR) is 53.5 cm³/mol. The molecule has 0 radical (unpaired) electrons. The minimum Gasteiger partial charge on any atom is -0.394 e. The van der Waals surface area contributed by atoms with Crippen molar-refractivity contribution in [1.82, 2.24) is 0 Å². The zero-order chi connectivity index (χ0) is 13.2. The molecule has 17 heavy (non-hydrogen) atoms. The van der Waals surface area contributed by atoms with Crippen LogP contribution in [0.25, 0.3) is 0 Å². The Labute approximate surface area is 97.6 Å². The van der Waals surface area contributed by atoms with Gasteiger partial charge in [0.05, 0.1) is 12.7 Å². The van der Waals surface area contributed by atoms with E-state index < -0.39 is 42.7 Å². The van der Waals surface area contributed by atoms with E-state index in [0.717, 1.165) is 0 Å². The van der Waals surface area contributed by atoms with Crippen molar-refractivity contribution in [1.29, 1.82) is 0 Å². The Kier molecular flexibility index (Phi) is 4.80. The molecule has 0 spiro atoms. The standard InChI is InChI=1S/C9H17NO7/c1-3(2-11)16-9-6(14)4(12)5(13)7(17-9)8(10)15/h3-7,9,11-14H,2H2,1H3,(H2,10,15)/t3?,4?,5-,6+,7?,9+/m0/s1. The average molecular weight is 251 g/mol. The molecule has 8 heteroatoms. The molecular weight excluding hydrogens is 234 g/mol. The molecule has 0 aliphatic carbocycles. The van der Waals surface area contributed by atoms with Crippen molar-refractivity contribution in [2.24, 2.45) is 5.73 Å². The maximum Gasteiger partial charge on any atom is 0.249 e. The number of hydrogen-bond donors (Lipinski definition) is 5. The highest BCUT2D eigenvalue weighted by molar-refractivity contribution is 5.79. The molecule has 1 heterocycles. The molecule has 1 amide bonds. The van der Waals surface area contributed by atoms with Crippen LogP contribution in [-0.2, 0) is 14.3 Å². The highest BCUT2D eigenvalue weighted by atomic mass is 16.7. The number of ether oxygens (including phenoxy) is 2. The first-order valence-electron chi connectivity index (χ1n) is 5.13. The second-order valence-electron chi connectivity index (χ2n) is 3.93. The van der Waals surface area contributed by atoms with Crippen molar-refractivity contribution in [2.45, 2.75) is 43.7 Å². The van der Waals surface area contributed by atoms with Gasteiger partial charge in [-0.3, -0.25) is 4.79 Å². The monoisotopic (exact) mass is 251 g/mol. The summed E-state index contributed by atoms with van der Waals surface area (Å²) in [4.78, 5) is 11.0.